The van der Waals surface area contributed by atoms with Gasteiger partial charge in [-0.25, -0.2) is 17.2 Å². The first-order valence-electron chi connectivity index (χ1n) is 9.30. The number of halogens is 2. The van der Waals surface area contributed by atoms with Gasteiger partial charge in [0.25, 0.3) is 5.91 Å². The zero-order valence-electron chi connectivity index (χ0n) is 16.4. The predicted octanol–water partition coefficient (Wildman–Crippen LogP) is 5.33. The number of amides is 1. The van der Waals surface area contributed by atoms with E-state index in [-0.39, 0.29) is 10.8 Å². The van der Waals surface area contributed by atoms with Crippen LogP contribution in [0.15, 0.2) is 75.4 Å². The van der Waals surface area contributed by atoms with Crippen molar-refractivity contribution in [1.29, 1.82) is 0 Å². The van der Waals surface area contributed by atoms with E-state index in [1.807, 2.05) is 31.2 Å². The Morgan fingerprint density at radius 3 is 2.35 bits per heavy atom. The topological polar surface area (TPSA) is 63.2 Å². The van der Waals surface area contributed by atoms with Crippen molar-refractivity contribution in [2.24, 2.45) is 0 Å². The molecule has 158 valence electrons. The third-order valence-corrected chi connectivity index (χ3v) is 7.50. The van der Waals surface area contributed by atoms with Crippen LogP contribution in [0, 0.1) is 18.6 Å². The Morgan fingerprint density at radius 2 is 1.68 bits per heavy atom. The quantitative estimate of drug-likeness (QED) is 0.538. The van der Waals surface area contributed by atoms with E-state index in [0.717, 1.165) is 35.0 Å². The highest BCUT2D eigenvalue weighted by molar-refractivity contribution is 8.04. The fraction of sp³-hybridized carbons (Fsp3) is 0.0870. The number of thioether (sulfide) groups is 1. The molecule has 0 bridgehead atoms. The molecular formula is C23H17F2NO3S2. The summed E-state index contributed by atoms with van der Waals surface area (Å²) in [5.41, 5.74) is 1.91. The van der Waals surface area contributed by atoms with Crippen LogP contribution >= 0.6 is 11.8 Å². The zero-order chi connectivity index (χ0) is 22.2. The summed E-state index contributed by atoms with van der Waals surface area (Å²) in [4.78, 5) is 13.3. The average molecular weight is 458 g/mol. The Hall–Kier alpha value is -2.97. The van der Waals surface area contributed by atoms with Gasteiger partial charge in [-0.15, -0.1) is 0 Å². The summed E-state index contributed by atoms with van der Waals surface area (Å²) in [6.07, 6.45) is 1.72. The van der Waals surface area contributed by atoms with Crippen LogP contribution in [0.4, 0.5) is 14.5 Å². The maximum Gasteiger partial charge on any atom is 0.262 e. The summed E-state index contributed by atoms with van der Waals surface area (Å²) < 4.78 is 53.5. The van der Waals surface area contributed by atoms with Crippen molar-refractivity contribution in [2.45, 2.75) is 22.5 Å². The lowest BCUT2D eigenvalue weighted by Crippen LogP contribution is -2.18. The summed E-state index contributed by atoms with van der Waals surface area (Å²) in [6, 6.07) is 15.1. The summed E-state index contributed by atoms with van der Waals surface area (Å²) in [6.45, 7) is 1.96. The summed E-state index contributed by atoms with van der Waals surface area (Å²) >= 11 is 1.14. The molecule has 0 aromatic heterocycles. The molecule has 1 N–H and O–H groups in total. The lowest BCUT2D eigenvalue weighted by atomic mass is 10.1. The van der Waals surface area contributed by atoms with Crippen molar-refractivity contribution < 1.29 is 22.0 Å². The number of hydrogen-bond donors (Lipinski definition) is 1. The van der Waals surface area contributed by atoms with Crippen LogP contribution in [0.5, 0.6) is 0 Å². The number of sulfone groups is 1. The number of rotatable bonds is 4. The van der Waals surface area contributed by atoms with E-state index in [1.54, 1.807) is 6.08 Å². The van der Waals surface area contributed by atoms with Crippen molar-refractivity contribution in [1.82, 2.24) is 0 Å². The molecule has 3 aromatic rings. The molecule has 0 fully saturated rings. The van der Waals surface area contributed by atoms with Gasteiger partial charge in [-0.1, -0.05) is 47.7 Å². The second-order valence-corrected chi connectivity index (χ2v) is 10.2. The first kappa shape index (κ1) is 21.3. The largest absolute Gasteiger partial charge is 0.320 e. The number of fused-ring (bicyclic) bond motifs is 1. The normalized spacial score (nSPS) is 14.9. The second-order valence-electron chi connectivity index (χ2n) is 7.09. The molecule has 4 rings (SSSR count). The molecule has 3 aromatic carbocycles. The molecule has 31 heavy (non-hydrogen) atoms. The number of benzene rings is 3. The van der Waals surface area contributed by atoms with Crippen LogP contribution in [0.25, 0.3) is 6.08 Å². The Bertz CT molecular complexity index is 1300. The molecule has 8 heteroatoms. The van der Waals surface area contributed by atoms with Crippen LogP contribution in [-0.2, 0) is 20.4 Å². The fourth-order valence-corrected chi connectivity index (χ4v) is 5.55. The monoisotopic (exact) mass is 457 g/mol. The van der Waals surface area contributed by atoms with E-state index in [1.165, 1.54) is 24.3 Å². The molecular weight excluding hydrogens is 440 g/mol. The standard InChI is InChI=1S/C23H17F2NO3S2/c1-14-5-7-15(8-6-14)11-22-23(27)26-20-10-9-16(12-21(20)30-22)31(28,29)13-17-18(24)3-2-4-19(17)25/h2-12H,13H2,1H3,(H,26,27)/b22-11+. The van der Waals surface area contributed by atoms with Gasteiger partial charge in [-0.2, -0.15) is 0 Å². The molecule has 1 heterocycles. The molecule has 0 unspecified atom stereocenters. The van der Waals surface area contributed by atoms with Crippen molar-refractivity contribution in [3.05, 3.63) is 93.9 Å². The molecule has 0 aliphatic carbocycles. The van der Waals surface area contributed by atoms with E-state index in [9.17, 15) is 22.0 Å². The smallest absolute Gasteiger partial charge is 0.262 e. The molecule has 0 radical (unpaired) electrons. The van der Waals surface area contributed by atoms with Gasteiger partial charge in [0, 0.05) is 10.5 Å². The molecule has 4 nitrogen and oxygen atoms in total. The number of nitrogens with one attached hydrogen (secondary N) is 1. The van der Waals surface area contributed by atoms with Gasteiger partial charge in [0.2, 0.25) is 0 Å². The molecule has 0 saturated carbocycles. The number of carbonyl (C=O) groups is 1. The zero-order valence-corrected chi connectivity index (χ0v) is 18.0. The van der Waals surface area contributed by atoms with Crippen molar-refractivity contribution in [3.63, 3.8) is 0 Å². The highest BCUT2D eigenvalue weighted by Crippen LogP contribution is 2.40. The number of aryl methyl sites for hydroxylation is 1. The van der Waals surface area contributed by atoms with Gasteiger partial charge < -0.3 is 5.32 Å². The number of anilines is 1. The minimum Gasteiger partial charge on any atom is -0.320 e. The van der Waals surface area contributed by atoms with Crippen molar-refractivity contribution in [3.8, 4) is 0 Å². The van der Waals surface area contributed by atoms with Crippen LogP contribution in [0.3, 0.4) is 0 Å². The van der Waals surface area contributed by atoms with Crippen LogP contribution in [-0.4, -0.2) is 14.3 Å². The predicted molar refractivity (Wildman–Crippen MR) is 117 cm³/mol. The third-order valence-electron chi connectivity index (χ3n) is 4.78. The molecule has 1 amide bonds. The Balaban J connectivity index is 1.65. The van der Waals surface area contributed by atoms with Gasteiger partial charge in [0.05, 0.1) is 21.2 Å². The molecule has 0 saturated heterocycles. The van der Waals surface area contributed by atoms with Gasteiger partial charge in [0.15, 0.2) is 9.84 Å². The van der Waals surface area contributed by atoms with Crippen LogP contribution < -0.4 is 5.32 Å². The second kappa shape index (κ2) is 8.28. The van der Waals surface area contributed by atoms with E-state index in [2.05, 4.69) is 5.32 Å². The Kier molecular flexibility index (Phi) is 5.68. The molecule has 0 spiro atoms. The highest BCUT2D eigenvalue weighted by Gasteiger charge is 2.25. The van der Waals surface area contributed by atoms with E-state index in [4.69, 9.17) is 0 Å². The summed E-state index contributed by atoms with van der Waals surface area (Å²) in [5.74, 6) is -2.91. The Labute approximate surface area is 182 Å². The van der Waals surface area contributed by atoms with E-state index in [0.29, 0.717) is 15.5 Å². The maximum absolute atomic E-state index is 13.9. The van der Waals surface area contributed by atoms with Crippen LogP contribution in [0.2, 0.25) is 0 Å². The van der Waals surface area contributed by atoms with Gasteiger partial charge >= 0.3 is 0 Å². The first-order chi connectivity index (χ1) is 14.7. The van der Waals surface area contributed by atoms with Gasteiger partial charge in [0.1, 0.15) is 11.6 Å². The maximum atomic E-state index is 13.9. The number of carbonyl (C=O) groups excluding carboxylic acids is 1. The summed E-state index contributed by atoms with van der Waals surface area (Å²) in [5, 5.41) is 2.75. The molecule has 0 atom stereocenters. The fourth-order valence-electron chi connectivity index (χ4n) is 3.09. The first-order valence-corrected chi connectivity index (χ1v) is 11.8. The summed E-state index contributed by atoms with van der Waals surface area (Å²) in [7, 11) is -4.01. The van der Waals surface area contributed by atoms with Crippen LogP contribution in [0.1, 0.15) is 16.7 Å². The third kappa shape index (κ3) is 4.55. The van der Waals surface area contributed by atoms with Crippen molar-refractivity contribution in [2.75, 3.05) is 5.32 Å². The lowest BCUT2D eigenvalue weighted by molar-refractivity contribution is -0.112. The average Bonchev–Trinajstić information content (AvgIpc) is 2.73. The minimum absolute atomic E-state index is 0.0766. The van der Waals surface area contributed by atoms with Crippen molar-refractivity contribution >= 4 is 39.3 Å². The van der Waals surface area contributed by atoms with E-state index >= 15 is 0 Å². The van der Waals surface area contributed by atoms with E-state index < -0.39 is 32.8 Å². The molecule has 1 aliphatic rings. The lowest BCUT2D eigenvalue weighted by Gasteiger charge is -2.19. The van der Waals surface area contributed by atoms with Gasteiger partial charge in [-0.3, -0.25) is 4.79 Å². The Morgan fingerprint density at radius 1 is 1.00 bits per heavy atom. The highest BCUT2D eigenvalue weighted by atomic mass is 32.2. The van der Waals surface area contributed by atoms with Gasteiger partial charge in [-0.05, 0) is 48.9 Å². The SMILES string of the molecule is Cc1ccc(/C=C2/Sc3cc(S(=O)(=O)Cc4c(F)cccc4F)ccc3NC2=O)cc1. The number of hydrogen-bond acceptors (Lipinski definition) is 4. The molecule has 1 aliphatic heterocycles. The minimum atomic E-state index is -4.01.